The van der Waals surface area contributed by atoms with E-state index in [4.69, 9.17) is 9.47 Å². The van der Waals surface area contributed by atoms with Crippen molar-refractivity contribution >= 4 is 11.6 Å². The maximum absolute atomic E-state index is 5.36. The fourth-order valence-corrected chi connectivity index (χ4v) is 3.54. The average Bonchev–Trinajstić information content (AvgIpc) is 2.97. The Kier molecular flexibility index (Phi) is 7.13. The lowest BCUT2D eigenvalue weighted by molar-refractivity contribution is 0.354. The van der Waals surface area contributed by atoms with Crippen LogP contribution in [-0.4, -0.2) is 36.8 Å². The Bertz CT molecular complexity index is 715. The lowest BCUT2D eigenvalue weighted by atomic mass is 10.1. The molecule has 2 aromatic rings. The number of hydrogen-bond acceptors (Lipinski definition) is 6. The number of anilines is 2. The monoisotopic (exact) mass is 370 g/mol. The van der Waals surface area contributed by atoms with E-state index < -0.39 is 0 Å². The molecule has 6 heteroatoms. The summed E-state index contributed by atoms with van der Waals surface area (Å²) in [6.45, 7) is 0.787. The van der Waals surface area contributed by atoms with E-state index in [1.165, 1.54) is 44.1 Å². The first kappa shape index (κ1) is 19.3. The summed E-state index contributed by atoms with van der Waals surface area (Å²) in [4.78, 5) is 8.72. The third-order valence-corrected chi connectivity index (χ3v) is 5.04. The second kappa shape index (κ2) is 10.00. The van der Waals surface area contributed by atoms with Crippen LogP contribution in [0.15, 0.2) is 30.6 Å². The predicted molar refractivity (Wildman–Crippen MR) is 109 cm³/mol. The molecule has 0 amide bonds. The second-order valence-electron chi connectivity index (χ2n) is 6.99. The molecule has 3 rings (SSSR count). The highest BCUT2D eigenvalue weighted by Crippen LogP contribution is 2.27. The van der Waals surface area contributed by atoms with Crippen LogP contribution >= 0.6 is 0 Å². The molecular weight excluding hydrogens is 340 g/mol. The van der Waals surface area contributed by atoms with Crippen molar-refractivity contribution in [2.75, 3.05) is 31.4 Å². The number of nitrogens with one attached hydrogen (secondary N) is 2. The van der Waals surface area contributed by atoms with Crippen molar-refractivity contribution < 1.29 is 9.47 Å². The molecule has 146 valence electrons. The molecule has 1 saturated carbocycles. The normalized spacial score (nSPS) is 15.0. The van der Waals surface area contributed by atoms with Gasteiger partial charge in [0.15, 0.2) is 11.5 Å². The summed E-state index contributed by atoms with van der Waals surface area (Å²) in [5.74, 6) is 3.26. The largest absolute Gasteiger partial charge is 0.493 e. The van der Waals surface area contributed by atoms with Gasteiger partial charge >= 0.3 is 0 Å². The number of aromatic nitrogens is 2. The van der Waals surface area contributed by atoms with Crippen molar-refractivity contribution in [2.24, 2.45) is 0 Å². The second-order valence-corrected chi connectivity index (χ2v) is 6.99. The van der Waals surface area contributed by atoms with Gasteiger partial charge in [-0.05, 0) is 37.0 Å². The van der Waals surface area contributed by atoms with E-state index in [0.717, 1.165) is 36.1 Å². The van der Waals surface area contributed by atoms with Crippen molar-refractivity contribution in [3.63, 3.8) is 0 Å². The van der Waals surface area contributed by atoms with Crippen LogP contribution < -0.4 is 20.1 Å². The highest BCUT2D eigenvalue weighted by molar-refractivity contribution is 5.47. The minimum absolute atomic E-state index is 0.530. The molecule has 1 aliphatic rings. The summed E-state index contributed by atoms with van der Waals surface area (Å²) < 4.78 is 10.6. The number of benzene rings is 1. The van der Waals surface area contributed by atoms with Crippen molar-refractivity contribution in [2.45, 2.75) is 51.0 Å². The highest BCUT2D eigenvalue weighted by Gasteiger charge is 2.12. The minimum atomic E-state index is 0.530. The molecule has 0 bridgehead atoms. The van der Waals surface area contributed by atoms with Crippen LogP contribution in [0.3, 0.4) is 0 Å². The quantitative estimate of drug-likeness (QED) is 0.676. The van der Waals surface area contributed by atoms with Crippen molar-refractivity contribution in [1.82, 2.24) is 9.97 Å². The van der Waals surface area contributed by atoms with Gasteiger partial charge in [-0.1, -0.05) is 31.7 Å². The number of methoxy groups -OCH3 is 2. The van der Waals surface area contributed by atoms with E-state index in [1.807, 2.05) is 18.2 Å². The summed E-state index contributed by atoms with van der Waals surface area (Å²) in [6, 6.07) is 8.54. The lowest BCUT2D eigenvalue weighted by Gasteiger charge is -2.17. The smallest absolute Gasteiger partial charge is 0.160 e. The van der Waals surface area contributed by atoms with E-state index in [0.29, 0.717) is 6.04 Å². The van der Waals surface area contributed by atoms with Crippen molar-refractivity contribution in [3.05, 3.63) is 36.2 Å². The predicted octanol–water partition coefficient (Wildman–Crippen LogP) is 4.28. The fraction of sp³-hybridized carbons (Fsp3) is 0.524. The van der Waals surface area contributed by atoms with Crippen LogP contribution in [0.25, 0.3) is 0 Å². The maximum atomic E-state index is 5.36. The molecule has 1 aliphatic carbocycles. The molecule has 0 saturated heterocycles. The maximum Gasteiger partial charge on any atom is 0.160 e. The first-order valence-electron chi connectivity index (χ1n) is 9.82. The molecule has 0 radical (unpaired) electrons. The highest BCUT2D eigenvalue weighted by atomic mass is 16.5. The van der Waals surface area contributed by atoms with E-state index in [2.05, 4.69) is 26.7 Å². The molecule has 6 nitrogen and oxygen atoms in total. The van der Waals surface area contributed by atoms with Gasteiger partial charge in [0.25, 0.3) is 0 Å². The molecule has 1 aromatic carbocycles. The summed E-state index contributed by atoms with van der Waals surface area (Å²) in [5, 5.41) is 6.96. The Morgan fingerprint density at radius 2 is 1.67 bits per heavy atom. The Morgan fingerprint density at radius 3 is 2.41 bits per heavy atom. The van der Waals surface area contributed by atoms with Crippen LogP contribution in [0.2, 0.25) is 0 Å². The zero-order chi connectivity index (χ0) is 18.9. The Hall–Kier alpha value is -2.50. The number of ether oxygens (including phenoxy) is 2. The molecule has 27 heavy (non-hydrogen) atoms. The van der Waals surface area contributed by atoms with Crippen LogP contribution in [0.5, 0.6) is 11.5 Å². The molecule has 2 N–H and O–H groups in total. The summed E-state index contributed by atoms with van der Waals surface area (Å²) in [7, 11) is 3.30. The van der Waals surface area contributed by atoms with Crippen molar-refractivity contribution in [3.8, 4) is 11.5 Å². The van der Waals surface area contributed by atoms with Gasteiger partial charge < -0.3 is 20.1 Å². The zero-order valence-corrected chi connectivity index (χ0v) is 16.3. The SMILES string of the molecule is COc1ccc(CCNc2cc(NC3CCCCCC3)ncn2)cc1OC. The van der Waals surface area contributed by atoms with E-state index in [-0.39, 0.29) is 0 Å². The first-order chi connectivity index (χ1) is 13.3. The standard InChI is InChI=1S/C21H30N4O2/c1-26-18-10-9-16(13-19(18)27-2)11-12-22-20-14-21(24-15-23-20)25-17-7-5-3-4-6-8-17/h9-10,13-15,17H,3-8,11-12H2,1-2H3,(H2,22,23,24,25). The van der Waals surface area contributed by atoms with Gasteiger partial charge in [-0.2, -0.15) is 0 Å². The van der Waals surface area contributed by atoms with Gasteiger partial charge in [-0.3, -0.25) is 0 Å². The third-order valence-electron chi connectivity index (χ3n) is 5.04. The van der Waals surface area contributed by atoms with Gasteiger partial charge in [-0.15, -0.1) is 0 Å². The Morgan fingerprint density at radius 1 is 0.926 bits per heavy atom. The Labute approximate surface area is 161 Å². The molecule has 0 unspecified atom stereocenters. The van der Waals surface area contributed by atoms with Crippen LogP contribution in [-0.2, 0) is 6.42 Å². The Balaban J connectivity index is 1.52. The van der Waals surface area contributed by atoms with Gasteiger partial charge in [0.05, 0.1) is 14.2 Å². The topological polar surface area (TPSA) is 68.3 Å². The number of hydrogen-bond donors (Lipinski definition) is 2. The zero-order valence-electron chi connectivity index (χ0n) is 16.3. The van der Waals surface area contributed by atoms with Gasteiger partial charge in [0.1, 0.15) is 18.0 Å². The summed E-state index contributed by atoms with van der Waals surface area (Å²) in [6.07, 6.45) is 10.3. The molecule has 0 spiro atoms. The molecule has 0 atom stereocenters. The van der Waals surface area contributed by atoms with E-state index in [1.54, 1.807) is 20.5 Å². The molecule has 1 fully saturated rings. The van der Waals surface area contributed by atoms with Crippen LogP contribution in [0.1, 0.15) is 44.1 Å². The van der Waals surface area contributed by atoms with Gasteiger partial charge in [-0.25, -0.2) is 9.97 Å². The molecular formula is C21H30N4O2. The number of rotatable bonds is 8. The molecule has 1 heterocycles. The lowest BCUT2D eigenvalue weighted by Crippen LogP contribution is -2.19. The minimum Gasteiger partial charge on any atom is -0.493 e. The fourth-order valence-electron chi connectivity index (χ4n) is 3.54. The van der Waals surface area contributed by atoms with E-state index in [9.17, 15) is 0 Å². The van der Waals surface area contributed by atoms with Crippen LogP contribution in [0, 0.1) is 0 Å². The molecule has 0 aliphatic heterocycles. The van der Waals surface area contributed by atoms with Crippen molar-refractivity contribution in [1.29, 1.82) is 0 Å². The third kappa shape index (κ3) is 5.74. The average molecular weight is 370 g/mol. The van der Waals surface area contributed by atoms with Gasteiger partial charge in [0, 0.05) is 18.7 Å². The van der Waals surface area contributed by atoms with Gasteiger partial charge in [0.2, 0.25) is 0 Å². The molecule has 1 aromatic heterocycles. The first-order valence-corrected chi connectivity index (χ1v) is 9.82. The number of nitrogens with zero attached hydrogens (tertiary/aromatic N) is 2. The van der Waals surface area contributed by atoms with Crippen LogP contribution in [0.4, 0.5) is 11.6 Å². The summed E-state index contributed by atoms with van der Waals surface area (Å²) in [5.41, 5.74) is 1.19. The summed E-state index contributed by atoms with van der Waals surface area (Å²) >= 11 is 0. The van der Waals surface area contributed by atoms with E-state index >= 15 is 0 Å².